The van der Waals surface area contributed by atoms with Crippen LogP contribution in [-0.4, -0.2) is 19.9 Å². The second kappa shape index (κ2) is 3.96. The van der Waals surface area contributed by atoms with Crippen LogP contribution >= 0.6 is 0 Å². The van der Waals surface area contributed by atoms with Gasteiger partial charge in [0.05, 0.1) is 0 Å². The summed E-state index contributed by atoms with van der Waals surface area (Å²) >= 11 is 0. The van der Waals surface area contributed by atoms with Crippen LogP contribution in [0.2, 0.25) is 0 Å². The maximum absolute atomic E-state index is 9.22. The first-order chi connectivity index (χ1) is 7.58. The highest BCUT2D eigenvalue weighted by molar-refractivity contribution is 5.56. The van der Waals surface area contributed by atoms with Crippen LogP contribution in [0.1, 0.15) is 25.6 Å². The van der Waals surface area contributed by atoms with Crippen molar-refractivity contribution in [2.75, 3.05) is 0 Å². The van der Waals surface area contributed by atoms with Gasteiger partial charge >= 0.3 is 0 Å². The van der Waals surface area contributed by atoms with Crippen LogP contribution in [0.25, 0.3) is 11.4 Å². The Bertz CT molecular complexity index is 485. The largest absolute Gasteiger partial charge is 0.508 e. The highest BCUT2D eigenvalue weighted by Gasteiger charge is 2.11. The molecule has 2 aromatic rings. The van der Waals surface area contributed by atoms with Crippen molar-refractivity contribution in [3.05, 3.63) is 30.1 Å². The standard InChI is InChI=1S/C12H15N3O/c1-8(2)11-13-12(15(3)14-11)9-4-6-10(16)7-5-9/h4-8,16H,1-3H3. The fraction of sp³-hybridized carbons (Fsp3) is 0.333. The maximum atomic E-state index is 9.22. The van der Waals surface area contributed by atoms with Crippen molar-refractivity contribution in [3.63, 3.8) is 0 Å². The van der Waals surface area contributed by atoms with E-state index >= 15 is 0 Å². The Morgan fingerprint density at radius 2 is 1.81 bits per heavy atom. The van der Waals surface area contributed by atoms with E-state index in [4.69, 9.17) is 0 Å². The van der Waals surface area contributed by atoms with Crippen LogP contribution in [0.5, 0.6) is 5.75 Å². The lowest BCUT2D eigenvalue weighted by molar-refractivity contribution is 0.475. The fourth-order valence-corrected chi connectivity index (χ4v) is 1.51. The van der Waals surface area contributed by atoms with E-state index in [1.54, 1.807) is 16.8 Å². The Morgan fingerprint density at radius 1 is 1.19 bits per heavy atom. The van der Waals surface area contributed by atoms with Gasteiger partial charge in [0.15, 0.2) is 11.6 Å². The summed E-state index contributed by atoms with van der Waals surface area (Å²) in [6, 6.07) is 6.98. The number of hydrogen-bond donors (Lipinski definition) is 1. The Hall–Kier alpha value is -1.84. The van der Waals surface area contributed by atoms with Gasteiger partial charge in [0.1, 0.15) is 5.75 Å². The predicted octanol–water partition coefficient (Wildman–Crippen LogP) is 2.31. The first kappa shape index (κ1) is 10.7. The maximum Gasteiger partial charge on any atom is 0.158 e. The lowest BCUT2D eigenvalue weighted by atomic mass is 10.2. The average Bonchev–Trinajstić information content (AvgIpc) is 2.62. The summed E-state index contributed by atoms with van der Waals surface area (Å²) in [4.78, 5) is 4.48. The number of aromatic nitrogens is 3. The van der Waals surface area contributed by atoms with Crippen molar-refractivity contribution in [1.82, 2.24) is 14.8 Å². The molecule has 4 heteroatoms. The first-order valence-electron chi connectivity index (χ1n) is 5.28. The Morgan fingerprint density at radius 3 is 2.31 bits per heavy atom. The molecule has 0 spiro atoms. The topological polar surface area (TPSA) is 50.9 Å². The van der Waals surface area contributed by atoms with Crippen LogP contribution in [0.3, 0.4) is 0 Å². The molecule has 16 heavy (non-hydrogen) atoms. The molecule has 0 radical (unpaired) electrons. The van der Waals surface area contributed by atoms with Crippen LogP contribution < -0.4 is 0 Å². The Kier molecular flexibility index (Phi) is 2.64. The molecular weight excluding hydrogens is 202 g/mol. The number of phenols is 1. The first-order valence-corrected chi connectivity index (χ1v) is 5.28. The molecule has 1 N–H and O–H groups in total. The molecule has 1 heterocycles. The normalized spacial score (nSPS) is 11.0. The molecule has 0 aliphatic carbocycles. The van der Waals surface area contributed by atoms with E-state index < -0.39 is 0 Å². The highest BCUT2D eigenvalue weighted by Crippen LogP contribution is 2.21. The van der Waals surface area contributed by atoms with E-state index in [0.717, 1.165) is 17.2 Å². The van der Waals surface area contributed by atoms with Gasteiger partial charge in [0.2, 0.25) is 0 Å². The van der Waals surface area contributed by atoms with E-state index in [1.807, 2.05) is 19.2 Å². The van der Waals surface area contributed by atoms with Crippen molar-refractivity contribution in [2.24, 2.45) is 7.05 Å². The Labute approximate surface area is 94.6 Å². The van der Waals surface area contributed by atoms with Gasteiger partial charge in [0.25, 0.3) is 0 Å². The molecule has 0 atom stereocenters. The minimum absolute atomic E-state index is 0.259. The van der Waals surface area contributed by atoms with Crippen molar-refractivity contribution < 1.29 is 5.11 Å². The summed E-state index contributed by atoms with van der Waals surface area (Å²) < 4.78 is 1.77. The molecule has 0 unspecified atom stereocenters. The molecule has 0 amide bonds. The molecule has 4 nitrogen and oxygen atoms in total. The van der Waals surface area contributed by atoms with E-state index in [0.29, 0.717) is 5.92 Å². The third-order valence-corrected chi connectivity index (χ3v) is 2.42. The van der Waals surface area contributed by atoms with Gasteiger partial charge in [-0.3, -0.25) is 0 Å². The van der Waals surface area contributed by atoms with Crippen molar-refractivity contribution >= 4 is 0 Å². The lowest BCUT2D eigenvalue weighted by Crippen LogP contribution is -1.95. The average molecular weight is 217 g/mol. The molecular formula is C12H15N3O. The summed E-state index contributed by atoms with van der Waals surface area (Å²) in [5.41, 5.74) is 0.958. The number of hydrogen-bond acceptors (Lipinski definition) is 3. The third-order valence-electron chi connectivity index (χ3n) is 2.42. The van der Waals surface area contributed by atoms with Gasteiger partial charge in [-0.1, -0.05) is 13.8 Å². The van der Waals surface area contributed by atoms with Crippen LogP contribution in [-0.2, 0) is 7.05 Å². The zero-order chi connectivity index (χ0) is 11.7. The number of benzene rings is 1. The molecule has 0 aliphatic heterocycles. The van der Waals surface area contributed by atoms with Gasteiger partial charge in [-0.25, -0.2) is 9.67 Å². The minimum Gasteiger partial charge on any atom is -0.508 e. The van der Waals surface area contributed by atoms with Crippen molar-refractivity contribution in [1.29, 1.82) is 0 Å². The number of rotatable bonds is 2. The van der Waals surface area contributed by atoms with Crippen LogP contribution in [0.4, 0.5) is 0 Å². The number of aryl methyl sites for hydroxylation is 1. The van der Waals surface area contributed by atoms with Gasteiger partial charge in [-0.15, -0.1) is 0 Å². The summed E-state index contributed by atoms with van der Waals surface area (Å²) in [5.74, 6) is 2.24. The molecule has 1 aromatic heterocycles. The molecule has 1 aromatic carbocycles. The molecule has 0 aliphatic rings. The molecule has 0 fully saturated rings. The monoisotopic (exact) mass is 217 g/mol. The second-order valence-corrected chi connectivity index (χ2v) is 4.12. The summed E-state index contributed by atoms with van der Waals surface area (Å²) in [7, 11) is 1.88. The highest BCUT2D eigenvalue weighted by atomic mass is 16.3. The molecule has 84 valence electrons. The van der Waals surface area contributed by atoms with E-state index in [1.165, 1.54) is 0 Å². The zero-order valence-corrected chi connectivity index (χ0v) is 9.68. The third kappa shape index (κ3) is 1.91. The SMILES string of the molecule is CC(C)c1nc(-c2ccc(O)cc2)n(C)n1. The smallest absolute Gasteiger partial charge is 0.158 e. The van der Waals surface area contributed by atoms with E-state index in [-0.39, 0.29) is 5.75 Å². The lowest BCUT2D eigenvalue weighted by Gasteiger charge is -1.99. The number of phenolic OH excluding ortho intramolecular Hbond substituents is 1. The fourth-order valence-electron chi connectivity index (χ4n) is 1.51. The van der Waals surface area contributed by atoms with Crippen molar-refractivity contribution in [3.8, 4) is 17.1 Å². The van der Waals surface area contributed by atoms with Gasteiger partial charge < -0.3 is 5.11 Å². The molecule has 0 bridgehead atoms. The number of nitrogens with zero attached hydrogens (tertiary/aromatic N) is 3. The van der Waals surface area contributed by atoms with Gasteiger partial charge in [-0.05, 0) is 24.3 Å². The van der Waals surface area contributed by atoms with Gasteiger partial charge in [0, 0.05) is 18.5 Å². The molecule has 2 rings (SSSR count). The van der Waals surface area contributed by atoms with E-state index in [9.17, 15) is 5.11 Å². The molecule has 0 saturated heterocycles. The Balaban J connectivity index is 2.44. The quantitative estimate of drug-likeness (QED) is 0.839. The summed E-state index contributed by atoms with van der Waals surface area (Å²) in [5, 5.41) is 13.6. The predicted molar refractivity (Wildman–Crippen MR) is 62.2 cm³/mol. The summed E-state index contributed by atoms with van der Waals surface area (Å²) in [6.45, 7) is 4.13. The van der Waals surface area contributed by atoms with E-state index in [2.05, 4.69) is 23.9 Å². The minimum atomic E-state index is 0.259. The molecule has 0 saturated carbocycles. The van der Waals surface area contributed by atoms with Gasteiger partial charge in [-0.2, -0.15) is 5.10 Å². The number of aromatic hydroxyl groups is 1. The van der Waals surface area contributed by atoms with Crippen LogP contribution in [0, 0.1) is 0 Å². The summed E-state index contributed by atoms with van der Waals surface area (Å²) in [6.07, 6.45) is 0. The van der Waals surface area contributed by atoms with Crippen molar-refractivity contribution in [2.45, 2.75) is 19.8 Å². The zero-order valence-electron chi connectivity index (χ0n) is 9.68. The van der Waals surface area contributed by atoms with Crippen LogP contribution in [0.15, 0.2) is 24.3 Å². The second-order valence-electron chi connectivity index (χ2n) is 4.12.